The van der Waals surface area contributed by atoms with E-state index in [2.05, 4.69) is 16.4 Å². The van der Waals surface area contributed by atoms with Crippen LogP contribution in [0.25, 0.3) is 10.9 Å². The van der Waals surface area contributed by atoms with Gasteiger partial charge in [-0.05, 0) is 43.4 Å². The molecule has 2 aromatic rings. The van der Waals surface area contributed by atoms with Crippen molar-refractivity contribution in [2.45, 2.75) is 70.9 Å². The highest BCUT2D eigenvalue weighted by atomic mass is 16.5. The van der Waals surface area contributed by atoms with Crippen LogP contribution < -0.4 is 5.32 Å². The first-order valence-electron chi connectivity index (χ1n) is 10.6. The Morgan fingerprint density at radius 1 is 1.37 bits per heavy atom. The van der Waals surface area contributed by atoms with Crippen LogP contribution in [0.4, 0.5) is 0 Å². The Morgan fingerprint density at radius 3 is 2.77 bits per heavy atom. The Kier molecular flexibility index (Phi) is 6.47. The van der Waals surface area contributed by atoms with E-state index in [4.69, 9.17) is 4.74 Å². The van der Waals surface area contributed by atoms with Crippen molar-refractivity contribution in [1.82, 2.24) is 10.3 Å². The molecule has 1 aliphatic heterocycles. The van der Waals surface area contributed by atoms with E-state index in [1.807, 2.05) is 26.8 Å². The van der Waals surface area contributed by atoms with Gasteiger partial charge in [-0.2, -0.15) is 5.26 Å². The van der Waals surface area contributed by atoms with Gasteiger partial charge in [0.25, 0.3) is 0 Å². The van der Waals surface area contributed by atoms with Crippen molar-refractivity contribution in [3.8, 4) is 6.07 Å². The summed E-state index contributed by atoms with van der Waals surface area (Å²) in [4.78, 5) is 28.2. The second-order valence-electron chi connectivity index (χ2n) is 7.95. The van der Waals surface area contributed by atoms with E-state index in [-0.39, 0.29) is 12.3 Å². The van der Waals surface area contributed by atoms with Gasteiger partial charge in [-0.15, -0.1) is 0 Å². The predicted molar refractivity (Wildman–Crippen MR) is 113 cm³/mol. The quantitative estimate of drug-likeness (QED) is 0.613. The first-order valence-corrected chi connectivity index (χ1v) is 10.6. The van der Waals surface area contributed by atoms with Crippen LogP contribution in [-0.4, -0.2) is 34.6 Å². The van der Waals surface area contributed by atoms with Crippen LogP contribution >= 0.6 is 0 Å². The number of rotatable bonds is 8. The van der Waals surface area contributed by atoms with Gasteiger partial charge in [-0.25, -0.2) is 4.79 Å². The molecular formula is C23H29N3O4. The van der Waals surface area contributed by atoms with E-state index in [0.29, 0.717) is 43.5 Å². The molecule has 2 atom stereocenters. The molecule has 0 saturated carbocycles. The maximum Gasteiger partial charge on any atom is 0.329 e. The number of nitriles is 1. The van der Waals surface area contributed by atoms with E-state index in [0.717, 1.165) is 28.5 Å². The van der Waals surface area contributed by atoms with E-state index >= 15 is 0 Å². The van der Waals surface area contributed by atoms with Crippen LogP contribution in [0.5, 0.6) is 0 Å². The van der Waals surface area contributed by atoms with Gasteiger partial charge in [0.1, 0.15) is 5.60 Å². The summed E-state index contributed by atoms with van der Waals surface area (Å²) in [7, 11) is 0. The topological polar surface area (TPSA) is 115 Å². The highest BCUT2D eigenvalue weighted by Gasteiger charge is 2.50. The number of benzene rings is 1. The molecule has 2 heterocycles. The van der Waals surface area contributed by atoms with Crippen molar-refractivity contribution < 1.29 is 19.4 Å². The number of aryl methyl sites for hydroxylation is 1. The monoisotopic (exact) mass is 411 g/mol. The molecule has 0 bridgehead atoms. The molecule has 1 aliphatic rings. The van der Waals surface area contributed by atoms with Crippen molar-refractivity contribution in [2.24, 2.45) is 0 Å². The number of aromatic amines is 1. The zero-order valence-corrected chi connectivity index (χ0v) is 17.8. The largest absolute Gasteiger partial charge is 0.480 e. The lowest BCUT2D eigenvalue weighted by molar-refractivity contribution is -0.160. The summed E-state index contributed by atoms with van der Waals surface area (Å²) in [6, 6.07) is 4.71. The number of aliphatic carboxylic acids is 1. The smallest absolute Gasteiger partial charge is 0.329 e. The maximum atomic E-state index is 12.5. The fourth-order valence-corrected chi connectivity index (χ4v) is 4.51. The molecule has 160 valence electrons. The van der Waals surface area contributed by atoms with Gasteiger partial charge in [-0.3, -0.25) is 4.79 Å². The minimum absolute atomic E-state index is 0.278. The summed E-state index contributed by atoms with van der Waals surface area (Å²) in [5.41, 5.74) is 2.72. The van der Waals surface area contributed by atoms with Crippen LogP contribution in [-0.2, 0) is 26.3 Å². The number of H-pyrrole nitrogens is 1. The highest BCUT2D eigenvalue weighted by molar-refractivity contribution is 5.93. The molecule has 1 amide bonds. The van der Waals surface area contributed by atoms with E-state index in [1.165, 1.54) is 0 Å². The van der Waals surface area contributed by atoms with Gasteiger partial charge in [-0.1, -0.05) is 32.8 Å². The molecule has 3 N–H and O–H groups in total. The minimum Gasteiger partial charge on any atom is -0.480 e. The van der Waals surface area contributed by atoms with Crippen molar-refractivity contribution >= 4 is 22.8 Å². The number of nitrogens with one attached hydrogen (secondary N) is 2. The zero-order chi connectivity index (χ0) is 21.9. The number of carbonyl (C=O) groups is 2. The first-order chi connectivity index (χ1) is 14.4. The van der Waals surface area contributed by atoms with Gasteiger partial charge in [0, 0.05) is 11.8 Å². The molecule has 30 heavy (non-hydrogen) atoms. The number of unbranched alkanes of at least 4 members (excludes halogenated alkanes) is 1. The molecule has 0 saturated heterocycles. The Labute approximate surface area is 176 Å². The molecule has 3 rings (SSSR count). The zero-order valence-electron chi connectivity index (χ0n) is 17.8. The van der Waals surface area contributed by atoms with Gasteiger partial charge < -0.3 is 20.1 Å². The maximum absolute atomic E-state index is 12.5. The number of nitrogens with zero attached hydrogens (tertiary/aromatic N) is 1. The van der Waals surface area contributed by atoms with Crippen molar-refractivity contribution in [3.05, 3.63) is 34.5 Å². The summed E-state index contributed by atoms with van der Waals surface area (Å²) < 4.78 is 6.19. The molecule has 1 aromatic carbocycles. The number of carboxylic acid groups (broad SMARTS) is 1. The van der Waals surface area contributed by atoms with Gasteiger partial charge >= 0.3 is 5.97 Å². The number of amides is 1. The van der Waals surface area contributed by atoms with Crippen molar-refractivity contribution in [2.75, 3.05) is 6.61 Å². The number of carboxylic acids is 1. The lowest BCUT2D eigenvalue weighted by Crippen LogP contribution is -2.58. The normalized spacial score (nSPS) is 19.1. The molecule has 0 spiro atoms. The summed E-state index contributed by atoms with van der Waals surface area (Å²) in [6.45, 7) is 6.23. The third kappa shape index (κ3) is 3.68. The Bertz CT molecular complexity index is 1000. The first kappa shape index (κ1) is 21.8. The van der Waals surface area contributed by atoms with Crippen LogP contribution in [0.2, 0.25) is 0 Å². The molecule has 1 aromatic heterocycles. The molecule has 0 radical (unpaired) electrons. The van der Waals surface area contributed by atoms with Gasteiger partial charge in [0.15, 0.2) is 6.04 Å². The third-order valence-corrected chi connectivity index (χ3v) is 5.92. The lowest BCUT2D eigenvalue weighted by Gasteiger charge is -2.41. The van der Waals surface area contributed by atoms with Gasteiger partial charge in [0.2, 0.25) is 5.91 Å². The third-order valence-electron chi connectivity index (χ3n) is 5.92. The summed E-state index contributed by atoms with van der Waals surface area (Å²) in [6.07, 6.45) is 3.51. The average Bonchev–Trinajstić information content (AvgIpc) is 3.13. The van der Waals surface area contributed by atoms with Gasteiger partial charge in [0.05, 0.1) is 29.5 Å². The van der Waals surface area contributed by atoms with Crippen LogP contribution in [0.3, 0.4) is 0 Å². The van der Waals surface area contributed by atoms with Crippen molar-refractivity contribution in [1.29, 1.82) is 5.26 Å². The lowest BCUT2D eigenvalue weighted by atomic mass is 9.80. The summed E-state index contributed by atoms with van der Waals surface area (Å²) in [5, 5.41) is 23.3. The highest BCUT2D eigenvalue weighted by Crippen LogP contribution is 2.43. The second kappa shape index (κ2) is 8.88. The Morgan fingerprint density at radius 2 is 2.13 bits per heavy atom. The van der Waals surface area contributed by atoms with Crippen LogP contribution in [0.15, 0.2) is 12.1 Å². The minimum atomic E-state index is -1.22. The molecular weight excluding hydrogens is 382 g/mol. The molecule has 0 fully saturated rings. The molecule has 7 heteroatoms. The van der Waals surface area contributed by atoms with Crippen LogP contribution in [0, 0.1) is 18.3 Å². The average molecular weight is 412 g/mol. The molecule has 0 unspecified atom stereocenters. The molecule has 7 nitrogen and oxygen atoms in total. The number of aromatic nitrogens is 1. The predicted octanol–water partition coefficient (Wildman–Crippen LogP) is 3.68. The standard InChI is InChI=1S/C23H29N3O4/c1-4-6-7-17(27)25-21(22(28)29)23(11-5-2)20-16(10-12-30-23)18-15(13-24)9-8-14(3)19(18)26-20/h8-9,21,26H,4-7,10-12H2,1-3H3,(H,25,27)(H,28,29)/t21-,23+/m1/s1. The van der Waals surface area contributed by atoms with E-state index in [1.54, 1.807) is 6.07 Å². The SMILES string of the molecule is CCCCC(=O)N[C@H](C(=O)O)[C@@]1(CCC)OCCc2c1[nH]c1c(C)ccc(C#N)c21. The Balaban J connectivity index is 2.19. The fourth-order valence-electron chi connectivity index (χ4n) is 4.51. The van der Waals surface area contributed by atoms with E-state index in [9.17, 15) is 20.0 Å². The van der Waals surface area contributed by atoms with Crippen LogP contribution in [0.1, 0.15) is 68.3 Å². The number of fused-ring (bicyclic) bond motifs is 3. The second-order valence-corrected chi connectivity index (χ2v) is 7.95. The number of ether oxygens (including phenoxy) is 1. The Hall–Kier alpha value is -2.85. The number of hydrogen-bond acceptors (Lipinski definition) is 4. The fraction of sp³-hybridized carbons (Fsp3) is 0.522. The summed E-state index contributed by atoms with van der Waals surface area (Å²) >= 11 is 0. The summed E-state index contributed by atoms with van der Waals surface area (Å²) in [5.74, 6) is -1.42. The van der Waals surface area contributed by atoms with Crippen molar-refractivity contribution in [3.63, 3.8) is 0 Å². The number of hydrogen-bond donors (Lipinski definition) is 3. The number of carbonyl (C=O) groups excluding carboxylic acids is 1. The molecule has 0 aliphatic carbocycles. The van der Waals surface area contributed by atoms with E-state index < -0.39 is 17.6 Å².